The lowest BCUT2D eigenvalue weighted by molar-refractivity contribution is 0.148. The number of aliphatic hydroxyl groups is 1. The Bertz CT molecular complexity index is 286. The molecule has 0 bridgehead atoms. The molecule has 0 spiro atoms. The molecule has 1 N–H and O–H groups in total. The molecule has 1 aromatic rings. The number of aliphatic hydroxyl groups excluding tert-OH is 1. The van der Waals surface area contributed by atoms with Crippen LogP contribution in [0, 0.1) is 0 Å². The van der Waals surface area contributed by atoms with Crippen molar-refractivity contribution in [3.05, 3.63) is 35.8 Å². The number of rotatable bonds is 4. The monoisotopic (exact) mass is 180 g/mol. The highest BCUT2D eigenvalue weighted by Gasteiger charge is 2.11. The number of furan rings is 1. The van der Waals surface area contributed by atoms with Crippen molar-refractivity contribution < 1.29 is 9.52 Å². The van der Waals surface area contributed by atoms with Crippen molar-refractivity contribution in [2.45, 2.75) is 32.8 Å². The van der Waals surface area contributed by atoms with E-state index >= 15 is 0 Å². The topological polar surface area (TPSA) is 33.4 Å². The quantitative estimate of drug-likeness (QED) is 0.723. The van der Waals surface area contributed by atoms with Gasteiger partial charge in [0.2, 0.25) is 0 Å². The summed E-state index contributed by atoms with van der Waals surface area (Å²) in [5.41, 5.74) is 0.960. The van der Waals surface area contributed by atoms with E-state index in [0.717, 1.165) is 17.8 Å². The Morgan fingerprint density at radius 1 is 1.62 bits per heavy atom. The Hall–Kier alpha value is -1.02. The molecule has 0 aliphatic carbocycles. The van der Waals surface area contributed by atoms with Crippen molar-refractivity contribution >= 4 is 0 Å². The van der Waals surface area contributed by atoms with Crippen LogP contribution in [0.5, 0.6) is 0 Å². The summed E-state index contributed by atoms with van der Waals surface area (Å²) < 4.78 is 5.40. The van der Waals surface area contributed by atoms with Crippen molar-refractivity contribution in [1.82, 2.24) is 0 Å². The van der Waals surface area contributed by atoms with Crippen LogP contribution in [0.2, 0.25) is 0 Å². The van der Waals surface area contributed by atoms with Gasteiger partial charge in [-0.2, -0.15) is 0 Å². The van der Waals surface area contributed by atoms with Gasteiger partial charge in [-0.15, -0.1) is 6.58 Å². The molecule has 1 unspecified atom stereocenters. The zero-order valence-corrected chi connectivity index (χ0v) is 8.21. The van der Waals surface area contributed by atoms with Gasteiger partial charge >= 0.3 is 0 Å². The first-order chi connectivity index (χ1) is 6.13. The predicted molar refractivity (Wildman–Crippen MR) is 52.5 cm³/mol. The third-order valence-corrected chi connectivity index (χ3v) is 1.90. The summed E-state index contributed by atoms with van der Waals surface area (Å²) in [6, 6.07) is 3.73. The lowest BCUT2D eigenvalue weighted by Gasteiger charge is -2.06. The van der Waals surface area contributed by atoms with Gasteiger partial charge in [-0.1, -0.05) is 12.5 Å². The fourth-order valence-electron chi connectivity index (χ4n) is 1.19. The highest BCUT2D eigenvalue weighted by Crippen LogP contribution is 2.22. The second-order valence-electron chi connectivity index (χ2n) is 3.33. The zero-order valence-electron chi connectivity index (χ0n) is 8.21. The normalized spacial score (nSPS) is 12.8. The molecule has 0 aliphatic heterocycles. The average Bonchev–Trinajstić information content (AvgIpc) is 2.50. The van der Waals surface area contributed by atoms with Crippen LogP contribution in [-0.2, 0) is 6.42 Å². The summed E-state index contributed by atoms with van der Waals surface area (Å²) >= 11 is 0. The third-order valence-electron chi connectivity index (χ3n) is 1.90. The van der Waals surface area contributed by atoms with Crippen LogP contribution < -0.4 is 0 Å². The fourth-order valence-corrected chi connectivity index (χ4v) is 1.19. The molecule has 1 heterocycles. The maximum atomic E-state index is 9.65. The molecule has 0 aliphatic rings. The summed E-state index contributed by atoms with van der Waals surface area (Å²) in [7, 11) is 0. The summed E-state index contributed by atoms with van der Waals surface area (Å²) in [6.07, 6.45) is 0.883. The van der Waals surface area contributed by atoms with Gasteiger partial charge in [-0.25, -0.2) is 0 Å². The maximum absolute atomic E-state index is 9.65. The highest BCUT2D eigenvalue weighted by atomic mass is 16.4. The molecule has 1 aromatic heterocycles. The minimum absolute atomic E-state index is 0.544. The van der Waals surface area contributed by atoms with Crippen LogP contribution in [0.15, 0.2) is 28.7 Å². The molecule has 0 aromatic carbocycles. The van der Waals surface area contributed by atoms with Crippen LogP contribution in [0.3, 0.4) is 0 Å². The minimum atomic E-state index is -0.544. The third kappa shape index (κ3) is 2.74. The molecular weight excluding hydrogens is 164 g/mol. The molecule has 1 rings (SSSR count). The Morgan fingerprint density at radius 2 is 2.31 bits per heavy atom. The molecule has 0 saturated heterocycles. The van der Waals surface area contributed by atoms with E-state index in [-0.39, 0.29) is 0 Å². The average molecular weight is 180 g/mol. The van der Waals surface area contributed by atoms with E-state index in [1.54, 1.807) is 0 Å². The Kier molecular flexibility index (Phi) is 3.32. The number of hydrogen-bond acceptors (Lipinski definition) is 2. The van der Waals surface area contributed by atoms with Gasteiger partial charge in [0.1, 0.15) is 17.6 Å². The van der Waals surface area contributed by atoms with E-state index in [9.17, 15) is 5.11 Å². The predicted octanol–water partition coefficient (Wildman–Crippen LogP) is 2.84. The molecule has 1 atom stereocenters. The van der Waals surface area contributed by atoms with Gasteiger partial charge < -0.3 is 9.52 Å². The summed E-state index contributed by atoms with van der Waals surface area (Å²) in [4.78, 5) is 0. The van der Waals surface area contributed by atoms with E-state index in [4.69, 9.17) is 4.42 Å². The van der Waals surface area contributed by atoms with E-state index in [2.05, 4.69) is 6.58 Å². The van der Waals surface area contributed by atoms with E-state index in [1.165, 1.54) is 0 Å². The molecule has 72 valence electrons. The molecule has 13 heavy (non-hydrogen) atoms. The fraction of sp³-hybridized carbons (Fsp3) is 0.455. The second-order valence-corrected chi connectivity index (χ2v) is 3.33. The maximum Gasteiger partial charge on any atom is 0.132 e. The van der Waals surface area contributed by atoms with Gasteiger partial charge in [0.25, 0.3) is 0 Å². The first-order valence-corrected chi connectivity index (χ1v) is 4.54. The molecule has 0 fully saturated rings. The van der Waals surface area contributed by atoms with Gasteiger partial charge in [0, 0.05) is 12.8 Å². The van der Waals surface area contributed by atoms with Gasteiger partial charge in [0.05, 0.1) is 0 Å². The van der Waals surface area contributed by atoms with E-state index in [0.29, 0.717) is 12.2 Å². The SMILES string of the molecule is C=C(C)CC(O)c1ccc(CC)o1. The van der Waals surface area contributed by atoms with Crippen molar-refractivity contribution in [2.75, 3.05) is 0 Å². The van der Waals surface area contributed by atoms with Crippen LogP contribution in [0.4, 0.5) is 0 Å². The Morgan fingerprint density at radius 3 is 2.77 bits per heavy atom. The molecule has 2 heteroatoms. The van der Waals surface area contributed by atoms with Gasteiger partial charge in [-0.05, 0) is 19.1 Å². The summed E-state index contributed by atoms with van der Waals surface area (Å²) in [5.74, 6) is 1.55. The van der Waals surface area contributed by atoms with Crippen molar-refractivity contribution in [3.63, 3.8) is 0 Å². The van der Waals surface area contributed by atoms with E-state index in [1.807, 2.05) is 26.0 Å². The summed E-state index contributed by atoms with van der Waals surface area (Å²) in [5, 5.41) is 9.65. The lowest BCUT2D eigenvalue weighted by Crippen LogP contribution is -1.95. The molecule has 0 radical (unpaired) electrons. The van der Waals surface area contributed by atoms with Crippen LogP contribution in [0.1, 0.15) is 37.9 Å². The van der Waals surface area contributed by atoms with Crippen LogP contribution >= 0.6 is 0 Å². The first-order valence-electron chi connectivity index (χ1n) is 4.54. The Balaban J connectivity index is 2.65. The highest BCUT2D eigenvalue weighted by molar-refractivity contribution is 5.11. The standard InChI is InChI=1S/C11H16O2/c1-4-9-5-6-11(13-9)10(12)7-8(2)3/h5-6,10,12H,2,4,7H2,1,3H3. The minimum Gasteiger partial charge on any atom is -0.463 e. The van der Waals surface area contributed by atoms with Crippen molar-refractivity contribution in [1.29, 1.82) is 0 Å². The molecule has 0 saturated carbocycles. The van der Waals surface area contributed by atoms with Crippen LogP contribution in [-0.4, -0.2) is 5.11 Å². The number of hydrogen-bond donors (Lipinski definition) is 1. The van der Waals surface area contributed by atoms with Crippen molar-refractivity contribution in [2.24, 2.45) is 0 Å². The van der Waals surface area contributed by atoms with Crippen molar-refractivity contribution in [3.8, 4) is 0 Å². The lowest BCUT2D eigenvalue weighted by atomic mass is 10.1. The summed E-state index contributed by atoms with van der Waals surface area (Å²) in [6.45, 7) is 7.66. The second kappa shape index (κ2) is 4.28. The molecule has 2 nitrogen and oxygen atoms in total. The van der Waals surface area contributed by atoms with E-state index < -0.39 is 6.10 Å². The smallest absolute Gasteiger partial charge is 0.132 e. The van der Waals surface area contributed by atoms with Crippen LogP contribution in [0.25, 0.3) is 0 Å². The number of aryl methyl sites for hydroxylation is 1. The Labute approximate surface area is 78.9 Å². The van der Waals surface area contributed by atoms with Gasteiger partial charge in [-0.3, -0.25) is 0 Å². The van der Waals surface area contributed by atoms with Gasteiger partial charge in [0.15, 0.2) is 0 Å². The first kappa shape index (κ1) is 10.1. The zero-order chi connectivity index (χ0) is 9.84. The largest absolute Gasteiger partial charge is 0.463 e. The molecule has 0 amide bonds. The molecular formula is C11H16O2.